The van der Waals surface area contributed by atoms with Gasteiger partial charge in [0.05, 0.1) is 0 Å². The third-order valence-corrected chi connectivity index (χ3v) is 5.26. The first-order valence-corrected chi connectivity index (χ1v) is 9.55. The van der Waals surface area contributed by atoms with E-state index in [1.807, 2.05) is 42.5 Å². The summed E-state index contributed by atoms with van der Waals surface area (Å²) in [7, 11) is 0. The van der Waals surface area contributed by atoms with Crippen molar-refractivity contribution in [3.8, 4) is 22.6 Å². The summed E-state index contributed by atoms with van der Waals surface area (Å²) in [4.78, 5) is 3.65. The van der Waals surface area contributed by atoms with Crippen LogP contribution >= 0.6 is 0 Å². The Bertz CT molecular complexity index is 1060. The van der Waals surface area contributed by atoms with Crippen LogP contribution in [0.25, 0.3) is 22.0 Å². The highest BCUT2D eigenvalue weighted by Gasteiger charge is 2.17. The summed E-state index contributed by atoms with van der Waals surface area (Å²) in [6.45, 7) is 2.08. The van der Waals surface area contributed by atoms with Gasteiger partial charge in [-0.05, 0) is 60.0 Å². The number of rotatable bonds is 3. The van der Waals surface area contributed by atoms with Gasteiger partial charge in [0, 0.05) is 29.6 Å². The molecule has 3 aromatic carbocycles. The Balaban J connectivity index is 1.53. The molecule has 0 unspecified atom stereocenters. The van der Waals surface area contributed by atoms with E-state index in [0.717, 1.165) is 37.4 Å². The summed E-state index contributed by atoms with van der Waals surface area (Å²) in [5, 5.41) is 4.87. The molecule has 1 aliphatic heterocycles. The first kappa shape index (κ1) is 16.2. The Kier molecular flexibility index (Phi) is 4.15. The molecule has 0 amide bonds. The van der Waals surface area contributed by atoms with Crippen LogP contribution in [0, 0.1) is 0 Å². The van der Waals surface area contributed by atoms with Gasteiger partial charge in [0.2, 0.25) is 0 Å². The molecule has 0 radical (unpaired) electrons. The second-order valence-corrected chi connectivity index (χ2v) is 7.00. The second kappa shape index (κ2) is 6.93. The van der Waals surface area contributed by atoms with Crippen LogP contribution in [0.3, 0.4) is 0 Å². The molecule has 1 aliphatic rings. The van der Waals surface area contributed by atoms with Crippen LogP contribution in [0.5, 0.6) is 11.5 Å². The third kappa shape index (κ3) is 3.11. The molecule has 5 rings (SSSR count). The van der Waals surface area contributed by atoms with E-state index in [9.17, 15) is 0 Å². The fourth-order valence-electron chi connectivity index (χ4n) is 3.98. The lowest BCUT2D eigenvalue weighted by molar-refractivity contribution is 0.483. The van der Waals surface area contributed by atoms with Gasteiger partial charge in [-0.25, -0.2) is 0 Å². The molecular weight excluding hydrogens is 332 g/mol. The lowest BCUT2D eigenvalue weighted by Gasteiger charge is -2.09. The Morgan fingerprint density at radius 2 is 1.48 bits per heavy atom. The van der Waals surface area contributed by atoms with Gasteiger partial charge in [-0.15, -0.1) is 0 Å². The average molecular weight is 354 g/mol. The van der Waals surface area contributed by atoms with Crippen LogP contribution < -0.4 is 10.1 Å². The average Bonchev–Trinajstić information content (AvgIpc) is 2.91. The van der Waals surface area contributed by atoms with Crippen LogP contribution in [0.2, 0.25) is 0 Å². The van der Waals surface area contributed by atoms with E-state index in [-0.39, 0.29) is 0 Å². The molecule has 0 bridgehead atoms. The maximum atomic E-state index is 5.93. The van der Waals surface area contributed by atoms with Crippen molar-refractivity contribution in [1.29, 1.82) is 0 Å². The van der Waals surface area contributed by atoms with E-state index in [4.69, 9.17) is 4.74 Å². The minimum absolute atomic E-state index is 0.856. The molecule has 0 aliphatic carbocycles. The Morgan fingerprint density at radius 3 is 2.33 bits per heavy atom. The quantitative estimate of drug-likeness (QED) is 0.523. The highest BCUT2D eigenvalue weighted by molar-refractivity contribution is 5.98. The number of fused-ring (bicyclic) bond motifs is 3. The van der Waals surface area contributed by atoms with Gasteiger partial charge in [0.15, 0.2) is 0 Å². The van der Waals surface area contributed by atoms with Crippen molar-refractivity contribution in [2.45, 2.75) is 12.8 Å². The van der Waals surface area contributed by atoms with E-state index in [0.29, 0.717) is 0 Å². The Morgan fingerprint density at radius 1 is 0.704 bits per heavy atom. The zero-order chi connectivity index (χ0) is 18.1. The summed E-state index contributed by atoms with van der Waals surface area (Å²) in [5.41, 5.74) is 6.60. The molecule has 0 atom stereocenters. The molecule has 3 nitrogen and oxygen atoms in total. The van der Waals surface area contributed by atoms with Gasteiger partial charge in [-0.2, -0.15) is 0 Å². The van der Waals surface area contributed by atoms with Crippen molar-refractivity contribution < 1.29 is 4.74 Å². The van der Waals surface area contributed by atoms with E-state index in [1.54, 1.807) is 0 Å². The number of para-hydroxylation sites is 1. The van der Waals surface area contributed by atoms with E-state index >= 15 is 0 Å². The van der Waals surface area contributed by atoms with Crippen LogP contribution in [0.4, 0.5) is 0 Å². The molecule has 27 heavy (non-hydrogen) atoms. The molecule has 1 aromatic heterocycles. The summed E-state index contributed by atoms with van der Waals surface area (Å²) in [6, 6.07) is 24.9. The first-order valence-electron chi connectivity index (χ1n) is 9.55. The van der Waals surface area contributed by atoms with Crippen LogP contribution in [0.15, 0.2) is 72.8 Å². The van der Waals surface area contributed by atoms with Gasteiger partial charge < -0.3 is 15.0 Å². The molecule has 134 valence electrons. The third-order valence-electron chi connectivity index (χ3n) is 5.26. The van der Waals surface area contributed by atoms with Gasteiger partial charge in [0.25, 0.3) is 0 Å². The summed E-state index contributed by atoms with van der Waals surface area (Å²) < 4.78 is 5.93. The number of H-pyrrole nitrogens is 1. The molecule has 0 fully saturated rings. The maximum absolute atomic E-state index is 5.93. The van der Waals surface area contributed by atoms with Crippen LogP contribution in [0.1, 0.15) is 11.3 Å². The minimum Gasteiger partial charge on any atom is -0.457 e. The number of benzene rings is 3. The SMILES string of the molecule is c1ccc(Oc2ccc(-c3cccc4[nH]c5c(c34)CCNCC5)cc2)cc1. The number of nitrogens with one attached hydrogen (secondary N) is 2. The van der Waals surface area contributed by atoms with Crippen molar-refractivity contribution in [3.63, 3.8) is 0 Å². The smallest absolute Gasteiger partial charge is 0.127 e. The second-order valence-electron chi connectivity index (χ2n) is 7.00. The predicted molar refractivity (Wildman–Crippen MR) is 111 cm³/mol. The van der Waals surface area contributed by atoms with Crippen LogP contribution in [-0.4, -0.2) is 18.1 Å². The van der Waals surface area contributed by atoms with Crippen LogP contribution in [-0.2, 0) is 12.8 Å². The summed E-state index contributed by atoms with van der Waals surface area (Å²) >= 11 is 0. The van der Waals surface area contributed by atoms with E-state index in [1.165, 1.54) is 33.3 Å². The largest absolute Gasteiger partial charge is 0.457 e. The van der Waals surface area contributed by atoms with Gasteiger partial charge >= 0.3 is 0 Å². The van der Waals surface area contributed by atoms with Crippen molar-refractivity contribution in [2.75, 3.05) is 13.1 Å². The number of aromatic amines is 1. The highest BCUT2D eigenvalue weighted by atomic mass is 16.5. The van der Waals surface area contributed by atoms with Gasteiger partial charge in [0.1, 0.15) is 11.5 Å². The zero-order valence-electron chi connectivity index (χ0n) is 15.2. The van der Waals surface area contributed by atoms with Crippen molar-refractivity contribution in [2.24, 2.45) is 0 Å². The Hall–Kier alpha value is -3.04. The lowest BCUT2D eigenvalue weighted by atomic mass is 9.97. The topological polar surface area (TPSA) is 37.0 Å². The summed E-state index contributed by atoms with van der Waals surface area (Å²) in [5.74, 6) is 1.71. The number of hydrogen-bond acceptors (Lipinski definition) is 2. The van der Waals surface area contributed by atoms with Crippen molar-refractivity contribution in [1.82, 2.24) is 10.3 Å². The van der Waals surface area contributed by atoms with E-state index in [2.05, 4.69) is 40.6 Å². The molecule has 2 heterocycles. The maximum Gasteiger partial charge on any atom is 0.127 e. The molecule has 3 heteroatoms. The normalized spacial score (nSPS) is 13.9. The highest BCUT2D eigenvalue weighted by Crippen LogP contribution is 2.35. The van der Waals surface area contributed by atoms with Crippen molar-refractivity contribution in [3.05, 3.63) is 84.1 Å². The first-order chi connectivity index (χ1) is 13.4. The molecular formula is C24H22N2O. The summed E-state index contributed by atoms with van der Waals surface area (Å²) in [6.07, 6.45) is 2.13. The lowest BCUT2D eigenvalue weighted by Crippen LogP contribution is -2.16. The predicted octanol–water partition coefficient (Wildman–Crippen LogP) is 5.32. The Labute approximate surface area is 159 Å². The number of aromatic nitrogens is 1. The molecule has 4 aromatic rings. The minimum atomic E-state index is 0.856. The number of ether oxygens (including phenoxy) is 1. The molecule has 0 spiro atoms. The fourth-order valence-corrected chi connectivity index (χ4v) is 3.98. The monoisotopic (exact) mass is 354 g/mol. The van der Waals surface area contributed by atoms with Gasteiger partial charge in [-0.1, -0.05) is 42.5 Å². The van der Waals surface area contributed by atoms with E-state index < -0.39 is 0 Å². The number of hydrogen-bond donors (Lipinski definition) is 2. The standard InChI is InChI=1S/C24H22N2O/c1-2-5-18(6-3-1)27-19-11-9-17(10-12-19)20-7-4-8-23-24(20)21-13-15-25-16-14-22(21)26-23/h1-12,25-26H,13-16H2. The molecule has 0 saturated carbocycles. The fraction of sp³-hybridized carbons (Fsp3) is 0.167. The molecule has 0 saturated heterocycles. The van der Waals surface area contributed by atoms with Gasteiger partial charge in [-0.3, -0.25) is 0 Å². The van der Waals surface area contributed by atoms with Crippen molar-refractivity contribution >= 4 is 10.9 Å². The zero-order valence-corrected chi connectivity index (χ0v) is 15.2. The molecule has 2 N–H and O–H groups in total.